The summed E-state index contributed by atoms with van der Waals surface area (Å²) in [5.41, 5.74) is 1.32. The molecule has 0 atom stereocenters. The maximum Gasteiger partial charge on any atom is 0.153 e. The molecule has 0 aromatic heterocycles. The molecule has 2 aliphatic rings. The molecule has 0 unspecified atom stereocenters. The molecule has 1 aromatic carbocycles. The summed E-state index contributed by atoms with van der Waals surface area (Å²) < 4.78 is 6.06. The monoisotopic (exact) mass is 321 g/mol. The second-order valence-corrected chi connectivity index (χ2v) is 6.79. The Labute approximate surface area is 135 Å². The lowest BCUT2D eigenvalue weighted by atomic mass is 9.63. The van der Waals surface area contributed by atoms with E-state index in [0.717, 1.165) is 32.2 Å². The van der Waals surface area contributed by atoms with Crippen molar-refractivity contribution in [1.82, 2.24) is 10.2 Å². The molecule has 2 fully saturated rings. The molecule has 0 amide bonds. The molecule has 118 valence electrons. The van der Waals surface area contributed by atoms with Crippen LogP contribution in [0.1, 0.15) is 23.2 Å². The summed E-state index contributed by atoms with van der Waals surface area (Å²) >= 11 is 6.10. The Morgan fingerprint density at radius 2 is 2.14 bits per heavy atom. The van der Waals surface area contributed by atoms with Crippen LogP contribution in [0.25, 0.3) is 0 Å². The van der Waals surface area contributed by atoms with E-state index in [0.29, 0.717) is 27.4 Å². The van der Waals surface area contributed by atoms with Gasteiger partial charge in [-0.15, -0.1) is 0 Å². The number of aliphatic imine (C=N–C) groups is 1. The Morgan fingerprint density at radius 1 is 1.41 bits per heavy atom. The van der Waals surface area contributed by atoms with E-state index in [2.05, 4.69) is 10.3 Å². The van der Waals surface area contributed by atoms with Gasteiger partial charge in [0.25, 0.3) is 0 Å². The average molecular weight is 322 g/mol. The van der Waals surface area contributed by atoms with Crippen LogP contribution in [0.15, 0.2) is 17.1 Å². The highest BCUT2D eigenvalue weighted by molar-refractivity contribution is 6.33. The zero-order chi connectivity index (χ0) is 15.7. The smallest absolute Gasteiger partial charge is 0.153 e. The zero-order valence-electron chi connectivity index (χ0n) is 12.8. The van der Waals surface area contributed by atoms with Gasteiger partial charge in [-0.2, -0.15) is 0 Å². The van der Waals surface area contributed by atoms with Gasteiger partial charge in [-0.3, -0.25) is 4.79 Å². The van der Waals surface area contributed by atoms with Gasteiger partial charge < -0.3 is 15.0 Å². The first-order chi connectivity index (χ1) is 10.5. The molecule has 0 bridgehead atoms. The molecule has 1 N–H and O–H groups in total. The van der Waals surface area contributed by atoms with Crippen LogP contribution in [0.2, 0.25) is 5.02 Å². The third-order valence-corrected chi connectivity index (χ3v) is 4.61. The van der Waals surface area contributed by atoms with Gasteiger partial charge in [0.15, 0.2) is 6.29 Å². The summed E-state index contributed by atoms with van der Waals surface area (Å²) in [6.45, 7) is 2.16. The van der Waals surface area contributed by atoms with Crippen molar-refractivity contribution in [2.75, 3.05) is 27.2 Å². The van der Waals surface area contributed by atoms with Crippen LogP contribution in [0, 0.1) is 5.41 Å². The fraction of sp³-hybridized carbons (Fsp3) is 0.500. The van der Waals surface area contributed by atoms with E-state index >= 15 is 0 Å². The Hall–Kier alpha value is -1.59. The van der Waals surface area contributed by atoms with E-state index in [4.69, 9.17) is 16.3 Å². The minimum Gasteiger partial charge on any atom is -0.488 e. The summed E-state index contributed by atoms with van der Waals surface area (Å²) in [6.07, 6.45) is 4.67. The number of hydrogen-bond donors (Lipinski definition) is 1. The predicted molar refractivity (Wildman–Crippen MR) is 87.6 cm³/mol. The maximum atomic E-state index is 11.3. The molecular formula is C16H20ClN3O2. The molecule has 1 aliphatic carbocycles. The highest BCUT2D eigenvalue weighted by Gasteiger charge is 2.49. The third kappa shape index (κ3) is 2.83. The van der Waals surface area contributed by atoms with E-state index in [9.17, 15) is 4.79 Å². The number of nitrogens with one attached hydrogen (secondary N) is 1. The molecule has 0 radical (unpaired) electrons. The summed E-state index contributed by atoms with van der Waals surface area (Å²) in [4.78, 5) is 17.5. The summed E-state index contributed by atoms with van der Waals surface area (Å²) in [5, 5.41) is 3.70. The van der Waals surface area contributed by atoms with Gasteiger partial charge in [0, 0.05) is 32.6 Å². The van der Waals surface area contributed by atoms with E-state index < -0.39 is 0 Å². The van der Waals surface area contributed by atoms with Crippen molar-refractivity contribution in [1.29, 1.82) is 0 Å². The SMILES string of the molecule is CN(C)C=Nc1c(OC2CC3(CNC3)C2)ccc(Cl)c1C=O. The number of hydrogen-bond acceptors (Lipinski definition) is 4. The number of nitrogens with zero attached hydrogens (tertiary/aromatic N) is 2. The first-order valence-corrected chi connectivity index (χ1v) is 7.76. The fourth-order valence-electron chi connectivity index (χ4n) is 3.01. The third-order valence-electron chi connectivity index (χ3n) is 4.28. The molecule has 5 nitrogen and oxygen atoms in total. The number of aldehydes is 1. The number of carbonyl (C=O) groups is 1. The Morgan fingerprint density at radius 3 is 2.68 bits per heavy atom. The van der Waals surface area contributed by atoms with Crippen LogP contribution in [-0.2, 0) is 0 Å². The van der Waals surface area contributed by atoms with Crippen LogP contribution in [-0.4, -0.2) is 50.8 Å². The summed E-state index contributed by atoms with van der Waals surface area (Å²) in [6, 6.07) is 3.48. The quantitative estimate of drug-likeness (QED) is 0.514. The highest BCUT2D eigenvalue weighted by atomic mass is 35.5. The minimum absolute atomic E-state index is 0.191. The molecule has 1 aliphatic heterocycles. The highest BCUT2D eigenvalue weighted by Crippen LogP contribution is 2.47. The van der Waals surface area contributed by atoms with Gasteiger partial charge in [0.1, 0.15) is 17.5 Å². The van der Waals surface area contributed by atoms with Crippen molar-refractivity contribution in [3.8, 4) is 5.75 Å². The summed E-state index contributed by atoms with van der Waals surface area (Å²) in [7, 11) is 3.74. The van der Waals surface area contributed by atoms with E-state index in [1.165, 1.54) is 0 Å². The van der Waals surface area contributed by atoms with Crippen molar-refractivity contribution < 1.29 is 9.53 Å². The van der Waals surface area contributed by atoms with Crippen molar-refractivity contribution >= 4 is 29.9 Å². The van der Waals surface area contributed by atoms with Crippen LogP contribution in [0.4, 0.5) is 5.69 Å². The predicted octanol–water partition coefficient (Wildman–Crippen LogP) is 2.50. The Kier molecular flexibility index (Phi) is 4.10. The van der Waals surface area contributed by atoms with Crippen molar-refractivity contribution in [3.63, 3.8) is 0 Å². The molecule has 3 rings (SSSR count). The zero-order valence-corrected chi connectivity index (χ0v) is 13.6. The normalized spacial score (nSPS) is 19.8. The lowest BCUT2D eigenvalue weighted by Gasteiger charge is -2.53. The standard InChI is InChI=1S/C16H20ClN3O2/c1-20(2)10-19-15-12(7-21)13(17)3-4-14(15)22-11-5-16(6-11)8-18-9-16/h3-4,7,10-11,18H,5-6,8-9H2,1-2H3. The van der Waals surface area contributed by atoms with E-state index in [1.807, 2.05) is 14.1 Å². The first-order valence-electron chi connectivity index (χ1n) is 7.39. The lowest BCUT2D eigenvalue weighted by Crippen LogP contribution is -2.62. The van der Waals surface area contributed by atoms with Crippen molar-refractivity contribution in [2.45, 2.75) is 18.9 Å². The van der Waals surface area contributed by atoms with E-state index in [-0.39, 0.29) is 6.10 Å². The molecule has 1 saturated carbocycles. The fourth-order valence-corrected chi connectivity index (χ4v) is 3.21. The second-order valence-electron chi connectivity index (χ2n) is 6.39. The maximum absolute atomic E-state index is 11.3. The Balaban J connectivity index is 1.81. The number of rotatable bonds is 5. The number of benzene rings is 1. The largest absolute Gasteiger partial charge is 0.488 e. The molecule has 1 heterocycles. The minimum atomic E-state index is 0.191. The van der Waals surface area contributed by atoms with Crippen LogP contribution < -0.4 is 10.1 Å². The van der Waals surface area contributed by atoms with Crippen LogP contribution >= 0.6 is 11.6 Å². The number of halogens is 1. The van der Waals surface area contributed by atoms with Crippen molar-refractivity contribution in [2.24, 2.45) is 10.4 Å². The first kappa shape index (κ1) is 15.3. The molecule has 1 aromatic rings. The number of ether oxygens (including phenoxy) is 1. The van der Waals surface area contributed by atoms with Crippen molar-refractivity contribution in [3.05, 3.63) is 22.7 Å². The molecule has 6 heteroatoms. The second kappa shape index (κ2) is 5.89. The Bertz CT molecular complexity index is 604. The van der Waals surface area contributed by atoms with Gasteiger partial charge in [0.05, 0.1) is 16.9 Å². The van der Waals surface area contributed by atoms with Crippen LogP contribution in [0.3, 0.4) is 0 Å². The van der Waals surface area contributed by atoms with E-state index in [1.54, 1.807) is 23.4 Å². The van der Waals surface area contributed by atoms with Gasteiger partial charge in [-0.25, -0.2) is 4.99 Å². The molecule has 1 spiro atoms. The number of carbonyl (C=O) groups excluding carboxylic acids is 1. The lowest BCUT2D eigenvalue weighted by molar-refractivity contribution is -0.0492. The van der Waals surface area contributed by atoms with Gasteiger partial charge in [-0.05, 0) is 25.0 Å². The molecular weight excluding hydrogens is 302 g/mol. The topological polar surface area (TPSA) is 53.9 Å². The van der Waals surface area contributed by atoms with Crippen LogP contribution in [0.5, 0.6) is 5.75 Å². The molecule has 22 heavy (non-hydrogen) atoms. The van der Waals surface area contributed by atoms with Gasteiger partial charge in [0.2, 0.25) is 0 Å². The average Bonchev–Trinajstić information content (AvgIpc) is 2.39. The van der Waals surface area contributed by atoms with Gasteiger partial charge in [-0.1, -0.05) is 11.6 Å². The summed E-state index contributed by atoms with van der Waals surface area (Å²) in [5.74, 6) is 0.622. The van der Waals surface area contributed by atoms with Gasteiger partial charge >= 0.3 is 0 Å². The molecule has 1 saturated heterocycles.